The van der Waals surface area contributed by atoms with Gasteiger partial charge in [0.15, 0.2) is 22.9 Å². The average Bonchev–Trinajstić information content (AvgIpc) is 3.24. The molecule has 0 unspecified atom stereocenters. The number of aromatic hydroxyl groups is 1. The SMILES string of the molecule is O=C(O)c1c(NCCN2CCCCC2)oc(C=C2C=Nc3ncccc32)c1O. The first-order valence-electron chi connectivity index (χ1n) is 9.40. The highest BCUT2D eigenvalue weighted by Gasteiger charge is 2.25. The first-order chi connectivity index (χ1) is 13.6. The summed E-state index contributed by atoms with van der Waals surface area (Å²) >= 11 is 0. The fraction of sp³-hybridized carbons (Fsp3) is 0.350. The third-order valence-corrected chi connectivity index (χ3v) is 5.00. The standard InChI is InChI=1S/C20H22N4O4/c25-17-15(11-13-12-23-18-14(13)5-4-6-21-18)28-19(16(17)20(26)27)22-7-10-24-8-2-1-3-9-24/h4-6,11-12,22,25H,1-3,7-10H2,(H,26,27). The van der Waals surface area contributed by atoms with Crippen molar-refractivity contribution in [3.8, 4) is 5.75 Å². The third kappa shape index (κ3) is 3.63. The molecule has 0 saturated carbocycles. The summed E-state index contributed by atoms with van der Waals surface area (Å²) in [4.78, 5) is 22.3. The maximum Gasteiger partial charge on any atom is 0.345 e. The molecule has 2 aromatic rings. The van der Waals surface area contributed by atoms with Crippen LogP contribution in [0.4, 0.5) is 11.7 Å². The number of hydrogen-bond acceptors (Lipinski definition) is 7. The van der Waals surface area contributed by atoms with Crippen molar-refractivity contribution < 1.29 is 19.4 Å². The van der Waals surface area contributed by atoms with Gasteiger partial charge in [-0.3, -0.25) is 0 Å². The summed E-state index contributed by atoms with van der Waals surface area (Å²) in [6.45, 7) is 3.45. The van der Waals surface area contributed by atoms with E-state index in [2.05, 4.69) is 20.2 Å². The van der Waals surface area contributed by atoms with Crippen LogP contribution in [0, 0.1) is 0 Å². The average molecular weight is 382 g/mol. The van der Waals surface area contributed by atoms with Gasteiger partial charge in [0.2, 0.25) is 5.88 Å². The number of furan rings is 1. The Morgan fingerprint density at radius 1 is 1.32 bits per heavy atom. The van der Waals surface area contributed by atoms with Gasteiger partial charge >= 0.3 is 5.97 Å². The molecule has 0 spiro atoms. The van der Waals surface area contributed by atoms with Crippen LogP contribution >= 0.6 is 0 Å². The van der Waals surface area contributed by atoms with Crippen molar-refractivity contribution in [2.75, 3.05) is 31.5 Å². The van der Waals surface area contributed by atoms with Crippen LogP contribution in [0.25, 0.3) is 11.6 Å². The van der Waals surface area contributed by atoms with Gasteiger partial charge < -0.3 is 24.8 Å². The number of anilines is 1. The summed E-state index contributed by atoms with van der Waals surface area (Å²) in [5.74, 6) is -0.913. The second-order valence-electron chi connectivity index (χ2n) is 6.89. The van der Waals surface area contributed by atoms with Crippen molar-refractivity contribution in [3.63, 3.8) is 0 Å². The topological polar surface area (TPSA) is 111 Å². The smallest absolute Gasteiger partial charge is 0.345 e. The number of likely N-dealkylation sites (tertiary alicyclic amines) is 1. The van der Waals surface area contributed by atoms with E-state index in [9.17, 15) is 15.0 Å². The quantitative estimate of drug-likeness (QED) is 0.703. The van der Waals surface area contributed by atoms with Gasteiger partial charge in [-0.05, 0) is 44.1 Å². The highest BCUT2D eigenvalue weighted by atomic mass is 16.4. The van der Waals surface area contributed by atoms with Gasteiger partial charge in [0.25, 0.3) is 0 Å². The number of nitrogens with zero attached hydrogens (tertiary/aromatic N) is 3. The highest BCUT2D eigenvalue weighted by molar-refractivity contribution is 6.21. The molecular formula is C20H22N4O4. The Kier molecular flexibility index (Phi) is 5.12. The number of rotatable bonds is 6. The molecule has 2 aliphatic rings. The van der Waals surface area contributed by atoms with Crippen LogP contribution in [0.15, 0.2) is 27.7 Å². The highest BCUT2D eigenvalue weighted by Crippen LogP contribution is 2.37. The van der Waals surface area contributed by atoms with Crippen molar-refractivity contribution in [1.29, 1.82) is 0 Å². The molecule has 1 saturated heterocycles. The number of aromatic nitrogens is 1. The minimum Gasteiger partial charge on any atom is -0.504 e. The second-order valence-corrected chi connectivity index (χ2v) is 6.89. The fourth-order valence-electron chi connectivity index (χ4n) is 3.55. The maximum atomic E-state index is 11.6. The van der Waals surface area contributed by atoms with Crippen LogP contribution < -0.4 is 5.32 Å². The third-order valence-electron chi connectivity index (χ3n) is 5.00. The Morgan fingerprint density at radius 2 is 2.14 bits per heavy atom. The maximum absolute atomic E-state index is 11.6. The summed E-state index contributed by atoms with van der Waals surface area (Å²) in [5.41, 5.74) is 1.24. The molecule has 4 rings (SSSR count). The molecular weight excluding hydrogens is 360 g/mol. The lowest BCUT2D eigenvalue weighted by molar-refractivity contribution is 0.0694. The lowest BCUT2D eigenvalue weighted by Gasteiger charge is -2.26. The van der Waals surface area contributed by atoms with Gasteiger partial charge in [-0.15, -0.1) is 0 Å². The number of nitrogens with one attached hydrogen (secondary N) is 1. The number of carbonyl (C=O) groups is 1. The van der Waals surface area contributed by atoms with E-state index in [-0.39, 0.29) is 17.2 Å². The molecule has 0 atom stereocenters. The molecule has 8 heteroatoms. The van der Waals surface area contributed by atoms with Crippen molar-refractivity contribution >= 4 is 35.5 Å². The fourth-order valence-corrected chi connectivity index (χ4v) is 3.55. The molecule has 0 aliphatic carbocycles. The molecule has 3 N–H and O–H groups in total. The van der Waals surface area contributed by atoms with Crippen LogP contribution in [-0.4, -0.2) is 58.5 Å². The van der Waals surface area contributed by atoms with Gasteiger partial charge in [0, 0.05) is 36.6 Å². The van der Waals surface area contributed by atoms with Crippen LogP contribution in [0.3, 0.4) is 0 Å². The first-order valence-corrected chi connectivity index (χ1v) is 9.40. The number of piperidine rings is 1. The molecule has 2 aliphatic heterocycles. The van der Waals surface area contributed by atoms with Crippen molar-refractivity contribution in [3.05, 3.63) is 35.2 Å². The first kappa shape index (κ1) is 18.2. The zero-order valence-electron chi connectivity index (χ0n) is 15.4. The second kappa shape index (κ2) is 7.85. The van der Waals surface area contributed by atoms with Crippen molar-refractivity contribution in [1.82, 2.24) is 9.88 Å². The minimum atomic E-state index is -1.24. The molecule has 0 bridgehead atoms. The molecule has 0 amide bonds. The zero-order chi connectivity index (χ0) is 19.5. The predicted molar refractivity (Wildman–Crippen MR) is 106 cm³/mol. The number of carboxylic acids is 1. The summed E-state index contributed by atoms with van der Waals surface area (Å²) in [5, 5.41) is 22.9. The Morgan fingerprint density at radius 3 is 2.93 bits per heavy atom. The van der Waals surface area contributed by atoms with E-state index in [4.69, 9.17) is 4.42 Å². The number of allylic oxidation sites excluding steroid dienone is 1. The number of aromatic carboxylic acids is 1. The molecule has 1 fully saturated rings. The number of hydrogen-bond donors (Lipinski definition) is 3. The molecule has 0 aromatic carbocycles. The van der Waals surface area contributed by atoms with Gasteiger partial charge in [-0.2, -0.15) is 0 Å². The van der Waals surface area contributed by atoms with Crippen LogP contribution in [0.2, 0.25) is 0 Å². The number of carboxylic acid groups (broad SMARTS) is 1. The van der Waals surface area contributed by atoms with Crippen molar-refractivity contribution in [2.45, 2.75) is 19.3 Å². The Hall–Kier alpha value is -3.13. The lowest BCUT2D eigenvalue weighted by Crippen LogP contribution is -2.33. The molecule has 146 valence electrons. The summed E-state index contributed by atoms with van der Waals surface area (Å²) in [6.07, 6.45) is 8.49. The van der Waals surface area contributed by atoms with E-state index in [1.54, 1.807) is 24.6 Å². The molecule has 0 radical (unpaired) electrons. The summed E-state index contributed by atoms with van der Waals surface area (Å²) in [6, 6.07) is 3.65. The largest absolute Gasteiger partial charge is 0.504 e. The Balaban J connectivity index is 1.54. The molecule has 28 heavy (non-hydrogen) atoms. The normalized spacial score (nSPS) is 17.8. The van der Waals surface area contributed by atoms with E-state index < -0.39 is 11.7 Å². The Bertz CT molecular complexity index is 942. The molecule has 8 nitrogen and oxygen atoms in total. The van der Waals surface area contributed by atoms with Gasteiger partial charge in [-0.25, -0.2) is 14.8 Å². The minimum absolute atomic E-state index is 0.0650. The number of aliphatic imine (C=N–C) groups is 1. The Labute approximate surface area is 162 Å². The lowest BCUT2D eigenvalue weighted by atomic mass is 10.1. The van der Waals surface area contributed by atoms with E-state index in [1.165, 1.54) is 19.3 Å². The van der Waals surface area contributed by atoms with Gasteiger partial charge in [-0.1, -0.05) is 6.42 Å². The van der Waals surface area contributed by atoms with Gasteiger partial charge in [0.1, 0.15) is 0 Å². The van der Waals surface area contributed by atoms with Crippen LogP contribution in [0.1, 0.15) is 40.9 Å². The molecule has 4 heterocycles. The zero-order valence-corrected chi connectivity index (χ0v) is 15.4. The van der Waals surface area contributed by atoms with Crippen LogP contribution in [0.5, 0.6) is 5.75 Å². The van der Waals surface area contributed by atoms with E-state index >= 15 is 0 Å². The van der Waals surface area contributed by atoms with E-state index in [0.717, 1.165) is 25.2 Å². The van der Waals surface area contributed by atoms with Crippen LogP contribution in [-0.2, 0) is 0 Å². The predicted octanol–water partition coefficient (Wildman–Crippen LogP) is 3.23. The number of fused-ring (bicyclic) bond motifs is 1. The van der Waals surface area contributed by atoms with E-state index in [1.807, 2.05) is 6.07 Å². The number of pyridine rings is 1. The van der Waals surface area contributed by atoms with Gasteiger partial charge in [0.05, 0.1) is 0 Å². The molecule has 2 aromatic heterocycles. The monoisotopic (exact) mass is 382 g/mol. The summed E-state index contributed by atoms with van der Waals surface area (Å²) in [7, 11) is 0. The van der Waals surface area contributed by atoms with E-state index in [0.29, 0.717) is 17.9 Å². The van der Waals surface area contributed by atoms with Crippen molar-refractivity contribution in [2.24, 2.45) is 4.99 Å². The summed E-state index contributed by atoms with van der Waals surface area (Å²) < 4.78 is 5.65.